The number of anilines is 1. The fraction of sp³-hybridized carbons (Fsp3) is 0.235. The van der Waals surface area contributed by atoms with Crippen molar-refractivity contribution in [2.75, 3.05) is 5.32 Å². The minimum Gasteiger partial charge on any atom is -0.378 e. The lowest BCUT2D eigenvalue weighted by atomic mass is 10.1. The largest absolute Gasteiger partial charge is 0.378 e. The normalized spacial score (nSPS) is 12.6. The van der Waals surface area contributed by atoms with Gasteiger partial charge in [-0.2, -0.15) is 0 Å². The van der Waals surface area contributed by atoms with Crippen LogP contribution in [0.3, 0.4) is 0 Å². The highest BCUT2D eigenvalue weighted by atomic mass is 32.1. The van der Waals surface area contributed by atoms with Crippen molar-refractivity contribution in [3.05, 3.63) is 57.9 Å². The molecule has 3 aromatic rings. The van der Waals surface area contributed by atoms with E-state index in [1.54, 1.807) is 0 Å². The van der Waals surface area contributed by atoms with Crippen LogP contribution in [0.5, 0.6) is 0 Å². The maximum absolute atomic E-state index is 4.35. The van der Waals surface area contributed by atoms with Gasteiger partial charge >= 0.3 is 0 Å². The summed E-state index contributed by atoms with van der Waals surface area (Å²) in [7, 11) is 0. The van der Waals surface area contributed by atoms with E-state index < -0.39 is 0 Å². The minimum absolute atomic E-state index is 0.314. The van der Waals surface area contributed by atoms with Crippen LogP contribution in [0.2, 0.25) is 0 Å². The fourth-order valence-electron chi connectivity index (χ4n) is 2.57. The van der Waals surface area contributed by atoms with E-state index in [4.69, 9.17) is 0 Å². The van der Waals surface area contributed by atoms with Gasteiger partial charge in [-0.3, -0.25) is 4.98 Å². The summed E-state index contributed by atoms with van der Waals surface area (Å²) in [4.78, 5) is 7.11. The highest BCUT2D eigenvalue weighted by molar-refractivity contribution is 7.12. The molecule has 0 saturated carbocycles. The number of fused-ring (bicyclic) bond motifs is 1. The smallest absolute Gasteiger partial charge is 0.0703 e. The first-order chi connectivity index (χ1) is 9.63. The first kappa shape index (κ1) is 13.1. The molecule has 1 N–H and O–H groups in total. The molecule has 0 spiro atoms. The molecule has 1 unspecified atom stereocenters. The number of rotatable bonds is 3. The number of aromatic nitrogens is 1. The van der Waals surface area contributed by atoms with Crippen molar-refractivity contribution in [3.8, 4) is 0 Å². The molecule has 102 valence electrons. The van der Waals surface area contributed by atoms with E-state index in [-0.39, 0.29) is 0 Å². The lowest BCUT2D eigenvalue weighted by Crippen LogP contribution is -2.06. The summed E-state index contributed by atoms with van der Waals surface area (Å²) in [6.45, 7) is 6.56. The maximum atomic E-state index is 4.35. The van der Waals surface area contributed by atoms with Crippen molar-refractivity contribution in [2.45, 2.75) is 26.8 Å². The van der Waals surface area contributed by atoms with Crippen LogP contribution in [0.25, 0.3) is 10.9 Å². The Labute approximate surface area is 123 Å². The predicted molar refractivity (Wildman–Crippen MR) is 87.6 cm³/mol. The van der Waals surface area contributed by atoms with Crippen molar-refractivity contribution >= 4 is 27.9 Å². The van der Waals surface area contributed by atoms with Gasteiger partial charge in [-0.05, 0) is 56.7 Å². The summed E-state index contributed by atoms with van der Waals surface area (Å²) >= 11 is 1.86. The quantitative estimate of drug-likeness (QED) is 0.724. The van der Waals surface area contributed by atoms with Gasteiger partial charge in [0, 0.05) is 33.1 Å². The molecule has 0 amide bonds. The lowest BCUT2D eigenvalue weighted by molar-refractivity contribution is 0.882. The highest BCUT2D eigenvalue weighted by Gasteiger charge is 2.11. The van der Waals surface area contributed by atoms with Gasteiger partial charge in [0.25, 0.3) is 0 Å². The SMILES string of the molecule is Cc1cc(C(C)Nc2ccc3ncccc3c2)c(C)s1. The molecule has 0 aliphatic rings. The van der Waals surface area contributed by atoms with Crippen LogP contribution in [-0.2, 0) is 0 Å². The van der Waals surface area contributed by atoms with Gasteiger partial charge in [0.1, 0.15) is 0 Å². The number of aryl methyl sites for hydroxylation is 2. The van der Waals surface area contributed by atoms with Gasteiger partial charge in [0.05, 0.1) is 5.52 Å². The molecule has 0 radical (unpaired) electrons. The average molecular weight is 282 g/mol. The molecule has 2 heterocycles. The Morgan fingerprint density at radius 2 is 2.00 bits per heavy atom. The number of thiophene rings is 1. The topological polar surface area (TPSA) is 24.9 Å². The average Bonchev–Trinajstić information content (AvgIpc) is 2.78. The number of hydrogen-bond donors (Lipinski definition) is 1. The molecule has 3 heteroatoms. The van der Waals surface area contributed by atoms with E-state index in [2.05, 4.69) is 61.4 Å². The van der Waals surface area contributed by atoms with Crippen LogP contribution in [0, 0.1) is 13.8 Å². The van der Waals surface area contributed by atoms with E-state index in [9.17, 15) is 0 Å². The van der Waals surface area contributed by atoms with Crippen LogP contribution in [-0.4, -0.2) is 4.98 Å². The Bertz CT molecular complexity index is 746. The molecular formula is C17H18N2S. The van der Waals surface area contributed by atoms with E-state index >= 15 is 0 Å². The minimum atomic E-state index is 0.314. The van der Waals surface area contributed by atoms with E-state index in [0.29, 0.717) is 6.04 Å². The Morgan fingerprint density at radius 1 is 1.15 bits per heavy atom. The van der Waals surface area contributed by atoms with Crippen LogP contribution in [0.1, 0.15) is 28.3 Å². The highest BCUT2D eigenvalue weighted by Crippen LogP contribution is 2.29. The summed E-state index contributed by atoms with van der Waals surface area (Å²) in [5.41, 5.74) is 3.56. The molecule has 3 rings (SSSR count). The molecule has 20 heavy (non-hydrogen) atoms. The zero-order valence-corrected chi connectivity index (χ0v) is 12.8. The Balaban J connectivity index is 1.87. The molecular weight excluding hydrogens is 264 g/mol. The van der Waals surface area contributed by atoms with Crippen LogP contribution in [0.15, 0.2) is 42.6 Å². The molecule has 1 atom stereocenters. The van der Waals surface area contributed by atoms with Crippen molar-refractivity contribution < 1.29 is 0 Å². The van der Waals surface area contributed by atoms with Crippen molar-refractivity contribution in [1.82, 2.24) is 4.98 Å². The summed E-state index contributed by atoms with van der Waals surface area (Å²) in [6, 6.07) is 13.0. The predicted octanol–water partition coefficient (Wildman–Crippen LogP) is 5.09. The van der Waals surface area contributed by atoms with Crippen LogP contribution >= 0.6 is 11.3 Å². The molecule has 0 bridgehead atoms. The number of hydrogen-bond acceptors (Lipinski definition) is 3. The second-order valence-electron chi connectivity index (χ2n) is 5.15. The van der Waals surface area contributed by atoms with Crippen molar-refractivity contribution in [1.29, 1.82) is 0 Å². The third-order valence-electron chi connectivity index (χ3n) is 3.53. The summed E-state index contributed by atoms with van der Waals surface area (Å²) in [5.74, 6) is 0. The molecule has 2 nitrogen and oxygen atoms in total. The van der Waals surface area contributed by atoms with Crippen molar-refractivity contribution in [3.63, 3.8) is 0 Å². The number of nitrogens with zero attached hydrogens (tertiary/aromatic N) is 1. The number of pyridine rings is 1. The van der Waals surface area contributed by atoms with Gasteiger partial charge in [-0.25, -0.2) is 0 Å². The third-order valence-corrected chi connectivity index (χ3v) is 4.51. The van der Waals surface area contributed by atoms with Gasteiger partial charge in [-0.1, -0.05) is 6.07 Å². The van der Waals surface area contributed by atoms with Gasteiger partial charge in [0.2, 0.25) is 0 Å². The summed E-state index contributed by atoms with van der Waals surface area (Å²) in [5, 5.41) is 4.75. The van der Waals surface area contributed by atoms with Gasteiger partial charge in [0.15, 0.2) is 0 Å². The monoisotopic (exact) mass is 282 g/mol. The first-order valence-electron chi connectivity index (χ1n) is 6.82. The standard InChI is InChI=1S/C17H18N2S/c1-11-9-16(13(3)20-11)12(2)19-15-6-7-17-14(10-15)5-4-8-18-17/h4-10,12,19H,1-3H3. The Kier molecular flexibility index (Phi) is 3.45. The van der Waals surface area contributed by atoms with Crippen molar-refractivity contribution in [2.24, 2.45) is 0 Å². The van der Waals surface area contributed by atoms with E-state index in [1.165, 1.54) is 20.7 Å². The molecule has 1 aromatic carbocycles. The second kappa shape index (κ2) is 5.25. The molecule has 2 aromatic heterocycles. The summed E-state index contributed by atoms with van der Waals surface area (Å²) < 4.78 is 0. The Morgan fingerprint density at radius 3 is 2.75 bits per heavy atom. The fourth-order valence-corrected chi connectivity index (χ4v) is 3.60. The molecule has 0 fully saturated rings. The zero-order valence-electron chi connectivity index (χ0n) is 12.0. The molecule has 0 aliphatic heterocycles. The van der Waals surface area contributed by atoms with Gasteiger partial charge < -0.3 is 5.32 Å². The molecule has 0 saturated heterocycles. The Hall–Kier alpha value is -1.87. The summed E-state index contributed by atoms with van der Waals surface area (Å²) in [6.07, 6.45) is 1.83. The lowest BCUT2D eigenvalue weighted by Gasteiger charge is -2.15. The van der Waals surface area contributed by atoms with Gasteiger partial charge in [-0.15, -0.1) is 11.3 Å². The maximum Gasteiger partial charge on any atom is 0.0703 e. The first-order valence-corrected chi connectivity index (χ1v) is 7.63. The van der Waals surface area contributed by atoms with Crippen LogP contribution in [0.4, 0.5) is 5.69 Å². The second-order valence-corrected chi connectivity index (χ2v) is 6.61. The van der Waals surface area contributed by atoms with E-state index in [1.807, 2.05) is 23.6 Å². The van der Waals surface area contributed by atoms with Crippen LogP contribution < -0.4 is 5.32 Å². The third kappa shape index (κ3) is 2.54. The number of nitrogens with one attached hydrogen (secondary N) is 1. The number of benzene rings is 1. The molecule has 0 aliphatic carbocycles. The zero-order chi connectivity index (χ0) is 14.1. The van der Waals surface area contributed by atoms with E-state index in [0.717, 1.165) is 11.2 Å².